The minimum absolute atomic E-state index is 0.125. The lowest BCUT2D eigenvalue weighted by molar-refractivity contribution is -0.140. The molecule has 4 rings (SSSR count). The molecule has 3 aromatic carbocycles. The van der Waals surface area contributed by atoms with Crippen molar-refractivity contribution in [2.75, 3.05) is 0 Å². The number of halogens is 6. The van der Waals surface area contributed by atoms with E-state index in [1.807, 2.05) is 0 Å². The minimum atomic E-state index is -4.88. The maximum atomic E-state index is 13.6. The van der Waals surface area contributed by atoms with Crippen LogP contribution in [0.1, 0.15) is 25.1 Å². The van der Waals surface area contributed by atoms with Crippen LogP contribution in [-0.4, -0.2) is 23.2 Å². The zero-order valence-corrected chi connectivity index (χ0v) is 20.3. The molecule has 0 radical (unpaired) electrons. The zero-order valence-electron chi connectivity index (χ0n) is 19.5. The predicted molar refractivity (Wildman–Crippen MR) is 127 cm³/mol. The lowest BCUT2D eigenvalue weighted by Gasteiger charge is -2.14. The van der Waals surface area contributed by atoms with Crippen LogP contribution < -0.4 is 0 Å². The number of alkyl halides is 6. The summed E-state index contributed by atoms with van der Waals surface area (Å²) < 4.78 is 107. The van der Waals surface area contributed by atoms with Gasteiger partial charge in [-0.3, -0.25) is 4.57 Å². The smallest absolute Gasteiger partial charge is 0.299 e. The Morgan fingerprint density at radius 1 is 0.784 bits per heavy atom. The van der Waals surface area contributed by atoms with Crippen LogP contribution in [0.2, 0.25) is 0 Å². The van der Waals surface area contributed by atoms with Crippen LogP contribution in [-0.2, 0) is 22.2 Å². The van der Waals surface area contributed by atoms with Gasteiger partial charge in [-0.2, -0.15) is 26.3 Å². The molecule has 0 saturated heterocycles. The van der Waals surface area contributed by atoms with Gasteiger partial charge >= 0.3 is 12.4 Å². The number of rotatable bonds is 5. The molecule has 0 saturated carbocycles. The van der Waals surface area contributed by atoms with E-state index >= 15 is 0 Å². The Kier molecular flexibility index (Phi) is 6.70. The number of hydrogen-bond donors (Lipinski definition) is 0. The summed E-state index contributed by atoms with van der Waals surface area (Å²) in [6.45, 7) is 3.12. The summed E-state index contributed by atoms with van der Waals surface area (Å²) in [5.74, 6) is -0.516. The van der Waals surface area contributed by atoms with Gasteiger partial charge in [-0.05, 0) is 55.3 Å². The van der Waals surface area contributed by atoms with Crippen molar-refractivity contribution in [3.8, 4) is 28.2 Å². The summed E-state index contributed by atoms with van der Waals surface area (Å²) in [6.07, 6.45) is -9.04. The Bertz CT molecular complexity index is 1540. The van der Waals surface area contributed by atoms with Gasteiger partial charge in [0, 0.05) is 17.4 Å². The van der Waals surface area contributed by atoms with E-state index in [-0.39, 0.29) is 10.6 Å². The molecule has 0 aliphatic rings. The summed E-state index contributed by atoms with van der Waals surface area (Å²) in [4.78, 5) is 3.63. The number of nitrogens with zero attached hydrogens (tertiary/aromatic N) is 2. The van der Waals surface area contributed by atoms with E-state index in [0.717, 1.165) is 22.8 Å². The largest absolute Gasteiger partial charge is 0.434 e. The molecule has 0 amide bonds. The van der Waals surface area contributed by atoms with Gasteiger partial charge in [0.2, 0.25) is 0 Å². The van der Waals surface area contributed by atoms with Crippen LogP contribution in [0.5, 0.6) is 0 Å². The second-order valence-corrected chi connectivity index (χ2v) is 11.0. The van der Waals surface area contributed by atoms with Crippen LogP contribution in [0, 0.1) is 0 Å². The van der Waals surface area contributed by atoms with Crippen LogP contribution in [0.15, 0.2) is 83.9 Å². The Balaban J connectivity index is 1.82. The normalized spacial score (nSPS) is 12.8. The van der Waals surface area contributed by atoms with Crippen LogP contribution in [0.4, 0.5) is 26.3 Å². The highest BCUT2D eigenvalue weighted by molar-refractivity contribution is 7.92. The van der Waals surface area contributed by atoms with Crippen molar-refractivity contribution in [2.24, 2.45) is 0 Å². The molecule has 37 heavy (non-hydrogen) atoms. The molecule has 0 unspecified atom stereocenters. The third kappa shape index (κ3) is 5.27. The third-order valence-corrected chi connectivity index (χ3v) is 7.88. The van der Waals surface area contributed by atoms with Crippen molar-refractivity contribution < 1.29 is 34.8 Å². The number of sulfone groups is 1. The SMILES string of the molecule is CC(C)S(=O)(=O)c1cccc(-c2ccc(-n3cc(C(F)(F)F)nc3-c3ccccc3C(F)(F)F)cc2)c1. The number of aromatic nitrogens is 2. The fraction of sp³-hybridized carbons (Fsp3) is 0.192. The summed E-state index contributed by atoms with van der Waals surface area (Å²) in [5.41, 5.74) is -1.69. The maximum absolute atomic E-state index is 13.6. The first-order valence-electron chi connectivity index (χ1n) is 11.0. The molecule has 0 fully saturated rings. The summed E-state index contributed by atoms with van der Waals surface area (Å²) in [5, 5.41) is -0.632. The Labute approximate surface area is 209 Å². The van der Waals surface area contributed by atoms with Crippen molar-refractivity contribution in [3.63, 3.8) is 0 Å². The number of hydrogen-bond acceptors (Lipinski definition) is 3. The Morgan fingerprint density at radius 2 is 1.43 bits per heavy atom. The van der Waals surface area contributed by atoms with Crippen molar-refractivity contribution in [3.05, 3.63) is 90.3 Å². The van der Waals surface area contributed by atoms with Gasteiger partial charge in [-0.25, -0.2) is 13.4 Å². The predicted octanol–water partition coefficient (Wildman–Crippen LogP) is 7.43. The first kappa shape index (κ1) is 26.5. The molecule has 11 heteroatoms. The molecule has 0 spiro atoms. The lowest BCUT2D eigenvalue weighted by atomic mass is 10.0. The molecule has 4 nitrogen and oxygen atoms in total. The van der Waals surface area contributed by atoms with E-state index in [0.29, 0.717) is 17.3 Å². The molecule has 0 atom stereocenters. The van der Waals surface area contributed by atoms with E-state index in [1.54, 1.807) is 38.1 Å². The summed E-state index contributed by atoms with van der Waals surface area (Å²) >= 11 is 0. The van der Waals surface area contributed by atoms with Gasteiger partial charge in [0.15, 0.2) is 15.5 Å². The summed E-state index contributed by atoms with van der Waals surface area (Å²) in [7, 11) is -3.53. The van der Waals surface area contributed by atoms with Gasteiger partial charge in [0.05, 0.1) is 15.7 Å². The molecule has 1 aromatic heterocycles. The monoisotopic (exact) mass is 538 g/mol. The molecule has 0 aliphatic carbocycles. The third-order valence-electron chi connectivity index (χ3n) is 5.73. The van der Waals surface area contributed by atoms with Crippen molar-refractivity contribution in [1.29, 1.82) is 0 Å². The second-order valence-electron chi connectivity index (χ2n) is 8.53. The first-order chi connectivity index (χ1) is 17.2. The van der Waals surface area contributed by atoms with Gasteiger partial charge < -0.3 is 0 Å². The fourth-order valence-electron chi connectivity index (χ4n) is 3.77. The number of benzene rings is 3. The molecular weight excluding hydrogens is 518 g/mol. The van der Waals surface area contributed by atoms with Crippen molar-refractivity contribution in [1.82, 2.24) is 9.55 Å². The molecule has 194 valence electrons. The quantitative estimate of drug-likeness (QED) is 0.249. The van der Waals surface area contributed by atoms with Crippen LogP contribution >= 0.6 is 0 Å². The average molecular weight is 539 g/mol. The van der Waals surface area contributed by atoms with Gasteiger partial charge in [-0.15, -0.1) is 0 Å². The molecule has 0 aliphatic heterocycles. The Morgan fingerprint density at radius 3 is 2.03 bits per heavy atom. The van der Waals surface area contributed by atoms with E-state index in [4.69, 9.17) is 0 Å². The average Bonchev–Trinajstić information content (AvgIpc) is 3.30. The Hall–Kier alpha value is -3.60. The lowest BCUT2D eigenvalue weighted by Crippen LogP contribution is -2.13. The highest BCUT2D eigenvalue weighted by atomic mass is 32.2. The molecule has 4 aromatic rings. The van der Waals surface area contributed by atoms with E-state index in [2.05, 4.69) is 4.98 Å². The first-order valence-corrected chi connectivity index (χ1v) is 12.5. The van der Waals surface area contributed by atoms with Crippen molar-refractivity contribution in [2.45, 2.75) is 36.3 Å². The van der Waals surface area contributed by atoms with Crippen molar-refractivity contribution >= 4 is 9.84 Å². The minimum Gasteiger partial charge on any atom is -0.299 e. The standard InChI is InChI=1S/C26H20F6N2O2S/c1-16(2)37(35,36)20-7-5-6-18(14-20)17-10-12-19(13-11-17)34-15-23(26(30,31)32)33-24(34)21-8-3-4-9-22(21)25(27,28)29/h3-16H,1-2H3. The fourth-order valence-corrected chi connectivity index (χ4v) is 4.87. The van der Waals surface area contributed by atoms with Crippen LogP contribution in [0.3, 0.4) is 0 Å². The van der Waals surface area contributed by atoms with E-state index in [1.165, 1.54) is 30.3 Å². The summed E-state index contributed by atoms with van der Waals surface area (Å²) in [6, 6.07) is 16.5. The second kappa shape index (κ2) is 9.37. The van der Waals surface area contributed by atoms with Crippen LogP contribution in [0.25, 0.3) is 28.2 Å². The topological polar surface area (TPSA) is 52.0 Å². The highest BCUT2D eigenvalue weighted by Crippen LogP contribution is 2.39. The van der Waals surface area contributed by atoms with Gasteiger partial charge in [0.1, 0.15) is 5.82 Å². The highest BCUT2D eigenvalue weighted by Gasteiger charge is 2.38. The molecule has 0 N–H and O–H groups in total. The maximum Gasteiger partial charge on any atom is 0.434 e. The zero-order chi connectivity index (χ0) is 27.2. The molecule has 0 bridgehead atoms. The van der Waals surface area contributed by atoms with Gasteiger partial charge in [-0.1, -0.05) is 42.5 Å². The molecular formula is C26H20F6N2O2S. The number of imidazole rings is 1. The molecule has 1 heterocycles. The van der Waals surface area contributed by atoms with E-state index < -0.39 is 50.1 Å². The van der Waals surface area contributed by atoms with E-state index in [9.17, 15) is 34.8 Å². The van der Waals surface area contributed by atoms with Gasteiger partial charge in [0.25, 0.3) is 0 Å².